The number of piperazine rings is 1. The van der Waals surface area contributed by atoms with Gasteiger partial charge in [-0.25, -0.2) is 4.98 Å². The number of aromatic nitrogens is 2. The molecule has 1 aliphatic heterocycles. The number of hydrogen-bond donors (Lipinski definition) is 7. The standard InChI is InChI=1S/C30H40ClN7O4S2/c1-19(39)43-17-21(18-44-20(2)40)29(41)34-23-7-5-6-22(14-23)33-28-25(31)16-32-30(36-28)35-26-9-8-24(15-27(26)42-4)38-12-10-37(3)11-13-38/h5-9,14-16,21,39-40,43-44H,10-13,17-18H2,1-4H3,(H,34,41)(H2,32,33,35,36). The molecular formula is C30H40ClN7O4S2. The SMILES string of the molecule is COc1cc(N2CCN(C)CC2)ccc1Nc1ncc(Cl)c(Nc2cccc(NC(=O)C(C[SH]=C(C)O)C[SH]=C(C)O)c2)n1. The Bertz CT molecular complexity index is 1490. The molecule has 44 heavy (non-hydrogen) atoms. The Morgan fingerprint density at radius 2 is 1.70 bits per heavy atom. The highest BCUT2D eigenvalue weighted by Gasteiger charge is 2.18. The number of halogens is 1. The van der Waals surface area contributed by atoms with Crippen LogP contribution >= 0.6 is 34.3 Å². The summed E-state index contributed by atoms with van der Waals surface area (Å²) in [7, 11) is 3.77. The van der Waals surface area contributed by atoms with Crippen molar-refractivity contribution in [3.8, 4) is 5.75 Å². The first-order valence-corrected chi connectivity index (χ1v) is 16.6. The van der Waals surface area contributed by atoms with E-state index in [1.165, 1.54) is 6.20 Å². The topological polar surface area (TPSA) is 135 Å². The summed E-state index contributed by atoms with van der Waals surface area (Å²) in [6, 6.07) is 13.2. The third-order valence-electron chi connectivity index (χ3n) is 6.89. The molecule has 14 heteroatoms. The molecule has 4 rings (SSSR count). The van der Waals surface area contributed by atoms with E-state index in [0.717, 1.165) is 37.6 Å². The van der Waals surface area contributed by atoms with Gasteiger partial charge in [-0.15, -0.1) is 0 Å². The van der Waals surface area contributed by atoms with Gasteiger partial charge >= 0.3 is 0 Å². The highest BCUT2D eigenvalue weighted by Crippen LogP contribution is 2.33. The maximum absolute atomic E-state index is 13.1. The molecule has 238 valence electrons. The predicted octanol–water partition coefficient (Wildman–Crippen LogP) is 5.28. The third kappa shape index (κ3) is 9.91. The van der Waals surface area contributed by atoms with Crippen LogP contribution < -0.4 is 25.6 Å². The summed E-state index contributed by atoms with van der Waals surface area (Å²) in [5, 5.41) is 29.4. The Kier molecular flexibility index (Phi) is 12.4. The number of likely N-dealkylation sites (N-methyl/N-ethyl adjacent to an activating group) is 1. The van der Waals surface area contributed by atoms with E-state index in [4.69, 9.17) is 16.3 Å². The van der Waals surface area contributed by atoms with Gasteiger partial charge in [-0.05, 0) is 62.7 Å². The van der Waals surface area contributed by atoms with Crippen LogP contribution in [0.1, 0.15) is 13.8 Å². The van der Waals surface area contributed by atoms with Crippen LogP contribution in [-0.2, 0) is 4.79 Å². The van der Waals surface area contributed by atoms with E-state index in [2.05, 4.69) is 48.8 Å². The van der Waals surface area contributed by atoms with Crippen LogP contribution in [0.15, 0.2) is 48.7 Å². The molecule has 0 saturated carbocycles. The number of anilines is 6. The minimum atomic E-state index is -0.392. The number of aliphatic hydroxyl groups excluding tert-OH is 2. The lowest BCUT2D eigenvalue weighted by Gasteiger charge is -2.34. The summed E-state index contributed by atoms with van der Waals surface area (Å²) in [4.78, 5) is 26.6. The Morgan fingerprint density at radius 3 is 2.36 bits per heavy atom. The number of hydrogen-bond acceptors (Lipinski definition) is 8. The number of ether oxygens (including phenoxy) is 1. The maximum atomic E-state index is 13.1. The summed E-state index contributed by atoms with van der Waals surface area (Å²) in [6.45, 7) is 7.14. The van der Waals surface area contributed by atoms with Gasteiger partial charge in [-0.3, -0.25) is 4.79 Å². The van der Waals surface area contributed by atoms with Gasteiger partial charge in [0.25, 0.3) is 0 Å². The Hall–Kier alpha value is -3.20. The van der Waals surface area contributed by atoms with Crippen LogP contribution in [0.4, 0.5) is 34.5 Å². The van der Waals surface area contributed by atoms with E-state index in [-0.39, 0.29) is 16.0 Å². The molecule has 11 nitrogen and oxygen atoms in total. The van der Waals surface area contributed by atoms with Crippen molar-refractivity contribution in [3.63, 3.8) is 0 Å². The van der Waals surface area contributed by atoms with Crippen molar-refractivity contribution in [2.45, 2.75) is 13.8 Å². The van der Waals surface area contributed by atoms with Gasteiger partial charge in [0, 0.05) is 49.3 Å². The number of methoxy groups -OCH3 is 1. The van der Waals surface area contributed by atoms with Crippen molar-refractivity contribution in [2.75, 3.05) is 72.7 Å². The van der Waals surface area contributed by atoms with Crippen LogP contribution in [0.25, 0.3) is 0 Å². The molecule has 3 aromatic rings. The zero-order chi connectivity index (χ0) is 31.6. The molecule has 1 saturated heterocycles. The van der Waals surface area contributed by atoms with Crippen molar-refractivity contribution in [1.82, 2.24) is 14.9 Å². The smallest absolute Gasteiger partial charge is 0.229 e. The molecule has 0 bridgehead atoms. The van der Waals surface area contributed by atoms with Gasteiger partial charge in [0.1, 0.15) is 10.8 Å². The molecule has 5 N–H and O–H groups in total. The van der Waals surface area contributed by atoms with Crippen LogP contribution in [-0.4, -0.2) is 92.9 Å². The van der Waals surface area contributed by atoms with Crippen molar-refractivity contribution in [1.29, 1.82) is 0 Å². The second-order valence-electron chi connectivity index (χ2n) is 10.4. The van der Waals surface area contributed by atoms with E-state index in [1.54, 1.807) is 33.1 Å². The second-order valence-corrected chi connectivity index (χ2v) is 13.4. The number of carbonyl (C=O) groups is 1. The highest BCUT2D eigenvalue weighted by molar-refractivity contribution is 7.99. The van der Waals surface area contributed by atoms with Gasteiger partial charge < -0.3 is 40.7 Å². The van der Waals surface area contributed by atoms with Gasteiger partial charge in [0.05, 0.1) is 35.0 Å². The van der Waals surface area contributed by atoms with Gasteiger partial charge in [-0.1, -0.05) is 17.7 Å². The maximum Gasteiger partial charge on any atom is 0.229 e. The van der Waals surface area contributed by atoms with E-state index >= 15 is 0 Å². The molecule has 0 atom stereocenters. The number of benzene rings is 2. The van der Waals surface area contributed by atoms with E-state index in [9.17, 15) is 15.0 Å². The van der Waals surface area contributed by atoms with E-state index in [0.29, 0.717) is 68.1 Å². The molecule has 0 unspecified atom stereocenters. The molecule has 1 amide bonds. The average molecular weight is 662 g/mol. The summed E-state index contributed by atoms with van der Waals surface area (Å²) >= 11 is 7.80. The summed E-state index contributed by atoms with van der Waals surface area (Å²) in [5.74, 6) is 1.71. The van der Waals surface area contributed by atoms with Gasteiger partial charge in [0.2, 0.25) is 11.9 Å². The second kappa shape index (κ2) is 16.2. The van der Waals surface area contributed by atoms with Crippen LogP contribution in [0.2, 0.25) is 5.02 Å². The number of amides is 1. The van der Waals surface area contributed by atoms with E-state index in [1.807, 2.05) is 24.3 Å². The molecule has 0 spiro atoms. The summed E-state index contributed by atoms with van der Waals surface area (Å²) < 4.78 is 5.68. The molecule has 0 radical (unpaired) electrons. The molecule has 2 aromatic carbocycles. The van der Waals surface area contributed by atoms with E-state index < -0.39 is 5.92 Å². The molecule has 1 aromatic heterocycles. The Balaban J connectivity index is 1.46. The minimum absolute atomic E-state index is 0.191. The normalized spacial score (nSPS) is 15.5. The molecule has 1 fully saturated rings. The third-order valence-corrected chi connectivity index (χ3v) is 9.33. The lowest BCUT2D eigenvalue weighted by Crippen LogP contribution is -2.44. The fourth-order valence-electron chi connectivity index (χ4n) is 4.44. The quantitative estimate of drug-likeness (QED) is 0.102. The van der Waals surface area contributed by atoms with Crippen molar-refractivity contribution in [2.24, 2.45) is 5.92 Å². The summed E-state index contributed by atoms with van der Waals surface area (Å²) in [5.41, 5.74) is 3.07. The lowest BCUT2D eigenvalue weighted by atomic mass is 10.2. The van der Waals surface area contributed by atoms with Crippen LogP contribution in [0, 0.1) is 5.92 Å². The summed E-state index contributed by atoms with van der Waals surface area (Å²) in [6.07, 6.45) is 1.51. The highest BCUT2D eigenvalue weighted by atomic mass is 35.5. The zero-order valence-electron chi connectivity index (χ0n) is 25.2. The lowest BCUT2D eigenvalue weighted by molar-refractivity contribution is -0.118. The molecule has 2 heterocycles. The van der Waals surface area contributed by atoms with Gasteiger partial charge in [-0.2, -0.15) is 27.7 Å². The molecule has 1 aliphatic rings. The largest absolute Gasteiger partial charge is 0.494 e. The first-order valence-electron chi connectivity index (χ1n) is 14.1. The number of rotatable bonds is 12. The average Bonchev–Trinajstić information content (AvgIpc) is 2.99. The number of thiol groups is 2. The van der Waals surface area contributed by atoms with Gasteiger partial charge in [0.15, 0.2) is 5.82 Å². The Labute approximate surface area is 270 Å². The molecule has 0 aliphatic carbocycles. The minimum Gasteiger partial charge on any atom is -0.494 e. The van der Waals surface area contributed by atoms with Crippen molar-refractivity contribution < 1.29 is 19.7 Å². The number of nitrogens with zero attached hydrogens (tertiary/aromatic N) is 4. The fraction of sp³-hybridized carbons (Fsp3) is 0.367. The first-order chi connectivity index (χ1) is 21.1. The van der Waals surface area contributed by atoms with Crippen LogP contribution in [0.3, 0.4) is 0 Å². The number of nitrogens with one attached hydrogen (secondary N) is 3. The van der Waals surface area contributed by atoms with Crippen molar-refractivity contribution >= 4 is 84.8 Å². The van der Waals surface area contributed by atoms with Crippen LogP contribution in [0.5, 0.6) is 5.75 Å². The van der Waals surface area contributed by atoms with Crippen molar-refractivity contribution in [3.05, 3.63) is 53.7 Å². The fourth-order valence-corrected chi connectivity index (χ4v) is 6.34. The predicted molar refractivity (Wildman–Crippen MR) is 189 cm³/mol. The zero-order valence-corrected chi connectivity index (χ0v) is 27.8. The monoisotopic (exact) mass is 661 g/mol. The first kappa shape index (κ1) is 33.7. The Morgan fingerprint density at radius 1 is 1.02 bits per heavy atom. The number of aliphatic hydroxyl groups is 2. The molecular weight excluding hydrogens is 622 g/mol. The number of carbonyl (C=O) groups excluding carboxylic acids is 1.